The molecule has 0 aromatic carbocycles. The van der Waals surface area contributed by atoms with Gasteiger partial charge in [0.15, 0.2) is 5.84 Å². The van der Waals surface area contributed by atoms with Crippen molar-refractivity contribution in [1.82, 2.24) is 0 Å². The maximum Gasteiger partial charge on any atom is 0.158 e. The molecule has 0 aromatic rings. The highest BCUT2D eigenvalue weighted by molar-refractivity contribution is 6.11. The van der Waals surface area contributed by atoms with Gasteiger partial charge in [0.2, 0.25) is 0 Å². The summed E-state index contributed by atoms with van der Waals surface area (Å²) in [5.74, 6) is 1.53. The van der Waals surface area contributed by atoms with E-state index in [0.717, 1.165) is 12.4 Å². The van der Waals surface area contributed by atoms with Crippen LogP contribution in [0.15, 0.2) is 26.1 Å². The molecule has 0 bridgehead atoms. The topological polar surface area (TPSA) is 37.1 Å². The van der Waals surface area contributed by atoms with Gasteiger partial charge in [0.1, 0.15) is 6.34 Å². The number of dihydropyridines is 1. The predicted molar refractivity (Wildman–Crippen MR) is 44.4 cm³/mol. The third-order valence-electron chi connectivity index (χ3n) is 2.27. The van der Waals surface area contributed by atoms with Gasteiger partial charge in [0.05, 0.1) is 6.54 Å². The van der Waals surface area contributed by atoms with Crippen molar-refractivity contribution in [2.45, 2.75) is 6.42 Å². The van der Waals surface area contributed by atoms with Gasteiger partial charge in [0.25, 0.3) is 0 Å². The maximum absolute atomic E-state index is 4.25. The molecule has 0 aromatic heterocycles. The van der Waals surface area contributed by atoms with Crippen molar-refractivity contribution in [2.75, 3.05) is 6.54 Å². The first kappa shape index (κ1) is 5.41. The summed E-state index contributed by atoms with van der Waals surface area (Å²) in [4.78, 5) is 12.4. The van der Waals surface area contributed by atoms with Gasteiger partial charge in [-0.2, -0.15) is 0 Å². The highest BCUT2D eigenvalue weighted by Gasteiger charge is 2.36. The van der Waals surface area contributed by atoms with Crippen LogP contribution in [0.5, 0.6) is 0 Å². The molecule has 1 fully saturated rings. The first-order chi connectivity index (χ1) is 5.45. The fraction of sp³-hybridized carbons (Fsp3) is 0.375. The summed E-state index contributed by atoms with van der Waals surface area (Å²) < 4.78 is 0. The number of rotatable bonds is 0. The number of amidine groups is 1. The Balaban J connectivity index is 2.17. The zero-order valence-electron chi connectivity index (χ0n) is 5.99. The molecule has 1 aliphatic carbocycles. The SMILES string of the molecule is C1=NCC2=C3C[C@H]3C=NC2=N1. The molecule has 0 spiro atoms. The zero-order chi connectivity index (χ0) is 7.26. The van der Waals surface area contributed by atoms with Crippen molar-refractivity contribution >= 4 is 18.4 Å². The molecule has 11 heavy (non-hydrogen) atoms. The van der Waals surface area contributed by atoms with Crippen LogP contribution in [0.3, 0.4) is 0 Å². The smallest absolute Gasteiger partial charge is 0.158 e. The maximum atomic E-state index is 4.25. The van der Waals surface area contributed by atoms with Crippen molar-refractivity contribution < 1.29 is 0 Å². The molecular formula is C8H7N3. The summed E-state index contributed by atoms with van der Waals surface area (Å²) in [7, 11) is 0. The second kappa shape index (κ2) is 1.67. The quantitative estimate of drug-likeness (QED) is 0.484. The molecule has 3 aliphatic rings. The lowest BCUT2D eigenvalue weighted by atomic mass is 10.1. The minimum absolute atomic E-state index is 0.636. The number of aliphatic imine (C=N–C) groups is 3. The molecule has 0 saturated heterocycles. The average molecular weight is 145 g/mol. The van der Waals surface area contributed by atoms with Gasteiger partial charge in [0, 0.05) is 17.7 Å². The number of hydrogen-bond donors (Lipinski definition) is 0. The minimum atomic E-state index is 0.636. The van der Waals surface area contributed by atoms with Gasteiger partial charge in [-0.05, 0) is 6.42 Å². The summed E-state index contributed by atoms with van der Waals surface area (Å²) >= 11 is 0. The fourth-order valence-corrected chi connectivity index (χ4v) is 1.56. The van der Waals surface area contributed by atoms with Gasteiger partial charge in [-0.25, -0.2) is 9.98 Å². The second-order valence-electron chi connectivity index (χ2n) is 3.00. The summed E-state index contributed by atoms with van der Waals surface area (Å²) in [6.45, 7) is 0.794. The number of nitrogens with zero attached hydrogens (tertiary/aromatic N) is 3. The highest BCUT2D eigenvalue weighted by atomic mass is 15.0. The summed E-state index contributed by atoms with van der Waals surface area (Å²) in [5, 5.41) is 0. The average Bonchev–Trinajstić information content (AvgIpc) is 2.83. The molecule has 0 amide bonds. The van der Waals surface area contributed by atoms with E-state index < -0.39 is 0 Å². The van der Waals surface area contributed by atoms with Crippen LogP contribution in [-0.4, -0.2) is 24.9 Å². The first-order valence-corrected chi connectivity index (χ1v) is 3.78. The molecule has 0 unspecified atom stereocenters. The van der Waals surface area contributed by atoms with Gasteiger partial charge in [-0.1, -0.05) is 5.57 Å². The third kappa shape index (κ3) is 0.651. The summed E-state index contributed by atoms with van der Waals surface area (Å²) in [6, 6.07) is 0. The number of fused-ring (bicyclic) bond motifs is 2. The van der Waals surface area contributed by atoms with Crippen LogP contribution >= 0.6 is 0 Å². The van der Waals surface area contributed by atoms with Gasteiger partial charge >= 0.3 is 0 Å². The Morgan fingerprint density at radius 1 is 1.45 bits per heavy atom. The van der Waals surface area contributed by atoms with E-state index in [1.165, 1.54) is 17.6 Å². The van der Waals surface area contributed by atoms with Gasteiger partial charge in [-0.3, -0.25) is 4.99 Å². The Kier molecular flexibility index (Phi) is 0.820. The van der Waals surface area contributed by atoms with E-state index in [-0.39, 0.29) is 0 Å². The minimum Gasteiger partial charge on any atom is -0.269 e. The highest BCUT2D eigenvalue weighted by Crippen LogP contribution is 2.42. The zero-order valence-corrected chi connectivity index (χ0v) is 5.99. The van der Waals surface area contributed by atoms with E-state index in [1.54, 1.807) is 6.34 Å². The van der Waals surface area contributed by atoms with E-state index >= 15 is 0 Å². The van der Waals surface area contributed by atoms with Crippen LogP contribution in [0, 0.1) is 5.92 Å². The Morgan fingerprint density at radius 2 is 2.45 bits per heavy atom. The Morgan fingerprint density at radius 3 is 3.45 bits per heavy atom. The Bertz CT molecular complexity index is 333. The van der Waals surface area contributed by atoms with Crippen LogP contribution in [-0.2, 0) is 0 Å². The van der Waals surface area contributed by atoms with Crippen molar-refractivity contribution in [3.63, 3.8) is 0 Å². The van der Waals surface area contributed by atoms with Crippen LogP contribution in [0.2, 0.25) is 0 Å². The third-order valence-corrected chi connectivity index (χ3v) is 2.27. The van der Waals surface area contributed by atoms with Crippen LogP contribution in [0.25, 0.3) is 0 Å². The van der Waals surface area contributed by atoms with Crippen LogP contribution in [0.1, 0.15) is 6.42 Å². The normalized spacial score (nSPS) is 31.3. The van der Waals surface area contributed by atoms with Gasteiger partial charge < -0.3 is 0 Å². The van der Waals surface area contributed by atoms with Crippen LogP contribution < -0.4 is 0 Å². The molecular weight excluding hydrogens is 138 g/mol. The van der Waals surface area contributed by atoms with Crippen LogP contribution in [0.4, 0.5) is 0 Å². The van der Waals surface area contributed by atoms with Gasteiger partial charge in [-0.15, -0.1) is 0 Å². The molecule has 54 valence electrons. The fourth-order valence-electron chi connectivity index (χ4n) is 1.56. The first-order valence-electron chi connectivity index (χ1n) is 3.78. The van der Waals surface area contributed by atoms with E-state index in [9.17, 15) is 0 Å². The molecule has 0 radical (unpaired) electrons. The predicted octanol–water partition coefficient (Wildman–Crippen LogP) is 0.828. The number of hydrogen-bond acceptors (Lipinski definition) is 3. The Hall–Kier alpha value is -1.25. The second-order valence-corrected chi connectivity index (χ2v) is 3.00. The standard InChI is InChI=1S/C8H7N3/c1-5-2-10-8-7(6(1)5)3-9-4-11-8/h2,4-5H,1,3H2/t5-/m0/s1. The molecule has 2 aliphatic heterocycles. The summed E-state index contributed by atoms with van der Waals surface area (Å²) in [6.07, 6.45) is 4.78. The lowest BCUT2D eigenvalue weighted by Gasteiger charge is -2.09. The van der Waals surface area contributed by atoms with Crippen molar-refractivity contribution in [2.24, 2.45) is 20.9 Å². The molecule has 3 heteroatoms. The Labute approximate surface area is 64.3 Å². The monoisotopic (exact) mass is 145 g/mol. The van der Waals surface area contributed by atoms with E-state index in [0.29, 0.717) is 5.92 Å². The number of allylic oxidation sites excluding steroid dienone is 1. The molecule has 3 rings (SSSR count). The van der Waals surface area contributed by atoms with Crippen molar-refractivity contribution in [1.29, 1.82) is 0 Å². The molecule has 2 heterocycles. The lowest BCUT2D eigenvalue weighted by Crippen LogP contribution is -2.11. The van der Waals surface area contributed by atoms with Crippen molar-refractivity contribution in [3.8, 4) is 0 Å². The summed E-state index contributed by atoms with van der Waals surface area (Å²) in [5.41, 5.74) is 2.79. The molecule has 1 saturated carbocycles. The van der Waals surface area contributed by atoms with Crippen molar-refractivity contribution in [3.05, 3.63) is 11.1 Å². The van der Waals surface area contributed by atoms with E-state index in [1.807, 2.05) is 6.21 Å². The molecule has 1 atom stereocenters. The largest absolute Gasteiger partial charge is 0.269 e. The molecule has 3 nitrogen and oxygen atoms in total. The van der Waals surface area contributed by atoms with E-state index in [4.69, 9.17) is 0 Å². The van der Waals surface area contributed by atoms with E-state index in [2.05, 4.69) is 15.0 Å². The lowest BCUT2D eigenvalue weighted by molar-refractivity contribution is 1.14. The molecule has 0 N–H and O–H groups in total.